The Bertz CT molecular complexity index is 2030. The van der Waals surface area contributed by atoms with Crippen LogP contribution >= 0.6 is 11.6 Å². The Hall–Kier alpha value is -3.90. The molecule has 5 rings (SSSR count). The number of benzene rings is 3. The molecule has 3 aromatic carbocycles. The molecule has 0 bridgehead atoms. The molecule has 0 radical (unpaired) electrons. The SMILES string of the molecule is CCCCCCCCCCCCCCCCC/C(O)=c1/c(=O)nc2c(OC)cc(Nc3ccc(Cl)cc3)c3c2=c1c1ccccc1c3=O. The topological polar surface area (TPSA) is 88.5 Å². The van der Waals surface area contributed by atoms with Gasteiger partial charge < -0.3 is 15.2 Å². The molecular formula is C41H49ClN2O4. The standard InChI is InChI=1S/C41H49ClN2O4/c1-3-4-5-6-7-8-9-10-11-12-13-14-15-16-17-22-33(45)37-35-30-20-18-19-21-31(30)40(46)36-32(43-29-25-23-28(42)24-26-29)27-34(48-2)39(38(35)36)44-41(37)47/h18-21,23-27,43,45H,3-17,22H2,1-2H3/b37-33-. The first-order valence-electron chi connectivity index (χ1n) is 17.9. The van der Waals surface area contributed by atoms with Crippen LogP contribution in [0.4, 0.5) is 11.4 Å². The molecule has 3 aromatic rings. The smallest absolute Gasteiger partial charge is 0.281 e. The molecule has 254 valence electrons. The predicted molar refractivity (Wildman–Crippen MR) is 200 cm³/mol. The van der Waals surface area contributed by atoms with E-state index in [9.17, 15) is 14.7 Å². The first-order valence-corrected chi connectivity index (χ1v) is 18.3. The van der Waals surface area contributed by atoms with Crippen molar-refractivity contribution in [1.82, 2.24) is 4.98 Å². The zero-order valence-electron chi connectivity index (χ0n) is 28.5. The summed E-state index contributed by atoms with van der Waals surface area (Å²) in [6, 6.07) is 16.2. The second-order valence-corrected chi connectivity index (χ2v) is 13.5. The van der Waals surface area contributed by atoms with Gasteiger partial charge in [-0.3, -0.25) is 9.59 Å². The van der Waals surface area contributed by atoms with E-state index in [4.69, 9.17) is 16.3 Å². The van der Waals surface area contributed by atoms with Gasteiger partial charge in [0.1, 0.15) is 17.0 Å². The Morgan fingerprint density at radius 1 is 0.771 bits per heavy atom. The van der Waals surface area contributed by atoms with Gasteiger partial charge in [-0.05, 0) is 36.1 Å². The van der Waals surface area contributed by atoms with Gasteiger partial charge in [0.25, 0.3) is 5.56 Å². The van der Waals surface area contributed by atoms with Crippen molar-refractivity contribution in [3.05, 3.63) is 95.9 Å². The number of fused-ring (bicyclic) bond motifs is 2. The molecule has 1 aliphatic carbocycles. The first-order chi connectivity index (χ1) is 23.4. The highest BCUT2D eigenvalue weighted by Crippen LogP contribution is 2.33. The molecular weight excluding hydrogens is 620 g/mol. The van der Waals surface area contributed by atoms with Crippen LogP contribution < -0.4 is 26.3 Å². The summed E-state index contributed by atoms with van der Waals surface area (Å²) in [5.41, 5.74) is 0.857. The van der Waals surface area contributed by atoms with Gasteiger partial charge in [-0.1, -0.05) is 133 Å². The van der Waals surface area contributed by atoms with Crippen LogP contribution in [0, 0.1) is 10.4 Å². The molecule has 6 nitrogen and oxygen atoms in total. The monoisotopic (exact) mass is 668 g/mol. The number of nitrogens with zero attached hydrogens (tertiary/aromatic N) is 1. The van der Waals surface area contributed by atoms with Crippen LogP contribution in [-0.2, 0) is 0 Å². The highest BCUT2D eigenvalue weighted by Gasteiger charge is 2.20. The lowest BCUT2D eigenvalue weighted by molar-refractivity contribution is 0.418. The fourth-order valence-corrected chi connectivity index (χ4v) is 7.06. The van der Waals surface area contributed by atoms with E-state index in [2.05, 4.69) is 17.2 Å². The summed E-state index contributed by atoms with van der Waals surface area (Å²) in [6.07, 6.45) is 19.2. The number of hydrogen-bond donors (Lipinski definition) is 2. The zero-order chi connectivity index (χ0) is 33.9. The number of rotatable bonds is 19. The van der Waals surface area contributed by atoms with Crippen molar-refractivity contribution in [2.45, 2.75) is 110 Å². The number of aliphatic hydroxyl groups is 1. The van der Waals surface area contributed by atoms with Crippen molar-refractivity contribution in [3.8, 4) is 5.75 Å². The average Bonchev–Trinajstić information content (AvgIpc) is 3.09. The summed E-state index contributed by atoms with van der Waals surface area (Å²) in [6.45, 7) is 2.26. The fraction of sp³-hybridized carbons (Fsp3) is 0.439. The zero-order valence-corrected chi connectivity index (χ0v) is 29.3. The summed E-state index contributed by atoms with van der Waals surface area (Å²) < 4.78 is 5.70. The number of anilines is 2. The molecule has 0 fully saturated rings. The first kappa shape index (κ1) is 35.4. The molecule has 0 amide bonds. The molecule has 0 spiro atoms. The summed E-state index contributed by atoms with van der Waals surface area (Å²) in [4.78, 5) is 32.1. The number of halogens is 1. The van der Waals surface area contributed by atoms with E-state index in [0.717, 1.165) is 24.9 Å². The van der Waals surface area contributed by atoms with Crippen LogP contribution in [0.25, 0.3) is 27.4 Å². The quantitative estimate of drug-likeness (QED) is 0.0851. The number of aromatic nitrogens is 1. The van der Waals surface area contributed by atoms with Gasteiger partial charge in [-0.2, -0.15) is 0 Å². The van der Waals surface area contributed by atoms with Crippen molar-refractivity contribution in [1.29, 1.82) is 0 Å². The van der Waals surface area contributed by atoms with E-state index in [-0.39, 0.29) is 16.4 Å². The Morgan fingerprint density at radius 2 is 1.33 bits per heavy atom. The number of nitrogens with one attached hydrogen (secondary N) is 1. The van der Waals surface area contributed by atoms with Gasteiger partial charge >= 0.3 is 0 Å². The van der Waals surface area contributed by atoms with Gasteiger partial charge in [0.05, 0.1) is 23.4 Å². The highest BCUT2D eigenvalue weighted by molar-refractivity contribution is 6.30. The molecule has 0 unspecified atom stereocenters. The average molecular weight is 669 g/mol. The van der Waals surface area contributed by atoms with E-state index in [1.54, 1.807) is 24.3 Å². The molecule has 48 heavy (non-hydrogen) atoms. The lowest BCUT2D eigenvalue weighted by Crippen LogP contribution is -2.33. The van der Waals surface area contributed by atoms with Crippen molar-refractivity contribution >= 4 is 50.4 Å². The van der Waals surface area contributed by atoms with Gasteiger partial charge in [-0.15, -0.1) is 0 Å². The lowest BCUT2D eigenvalue weighted by atomic mass is 9.96. The van der Waals surface area contributed by atoms with Crippen molar-refractivity contribution < 1.29 is 9.84 Å². The Kier molecular flexibility index (Phi) is 12.9. The minimum absolute atomic E-state index is 0.0178. The van der Waals surface area contributed by atoms with Gasteiger partial charge in [-0.25, -0.2) is 4.98 Å². The maximum atomic E-state index is 14.1. The predicted octanol–water partition coefficient (Wildman–Crippen LogP) is 10.3. The second kappa shape index (κ2) is 17.5. The second-order valence-electron chi connectivity index (χ2n) is 13.0. The molecule has 0 aromatic heterocycles. The molecule has 7 heteroatoms. The summed E-state index contributed by atoms with van der Waals surface area (Å²) >= 11 is 6.11. The lowest BCUT2D eigenvalue weighted by Gasteiger charge is -2.15. The maximum absolute atomic E-state index is 14.1. The van der Waals surface area contributed by atoms with Crippen LogP contribution in [0.2, 0.25) is 5.02 Å². The minimum atomic E-state index is -0.525. The van der Waals surface area contributed by atoms with E-state index in [1.165, 1.54) is 84.2 Å². The summed E-state index contributed by atoms with van der Waals surface area (Å²) in [5.74, 6) is 0.383. The third kappa shape index (κ3) is 8.38. The Labute approximate surface area is 288 Å². The Morgan fingerprint density at radius 3 is 1.92 bits per heavy atom. The fourth-order valence-electron chi connectivity index (χ4n) is 6.93. The molecule has 0 atom stereocenters. The van der Waals surface area contributed by atoms with E-state index in [0.29, 0.717) is 55.0 Å². The summed E-state index contributed by atoms with van der Waals surface area (Å²) in [7, 11) is 1.52. The van der Waals surface area contributed by atoms with Gasteiger partial charge in [0, 0.05) is 39.0 Å². The number of ether oxygens (including phenoxy) is 1. The minimum Gasteiger partial charge on any atom is -0.511 e. The van der Waals surface area contributed by atoms with Gasteiger partial charge in [0.2, 0.25) is 0 Å². The van der Waals surface area contributed by atoms with Crippen LogP contribution in [0.3, 0.4) is 0 Å². The normalized spacial score (nSPS) is 12.3. The molecule has 2 aliphatic rings. The Balaban J connectivity index is 1.35. The molecule has 1 heterocycles. The largest absolute Gasteiger partial charge is 0.511 e. The number of unbranched alkanes of at least 4 members (excludes halogenated alkanes) is 14. The van der Waals surface area contributed by atoms with E-state index in [1.807, 2.05) is 30.3 Å². The molecule has 0 saturated carbocycles. The van der Waals surface area contributed by atoms with Crippen molar-refractivity contribution in [3.63, 3.8) is 0 Å². The third-order valence-corrected chi connectivity index (χ3v) is 9.76. The van der Waals surface area contributed by atoms with Crippen molar-refractivity contribution in [2.24, 2.45) is 0 Å². The molecule has 1 aliphatic heterocycles. The van der Waals surface area contributed by atoms with Gasteiger partial charge in [0.15, 0.2) is 5.43 Å². The maximum Gasteiger partial charge on any atom is 0.281 e. The molecule has 0 saturated heterocycles. The van der Waals surface area contributed by atoms with Crippen LogP contribution in [0.5, 0.6) is 5.75 Å². The van der Waals surface area contributed by atoms with Crippen LogP contribution in [-0.4, -0.2) is 17.2 Å². The third-order valence-electron chi connectivity index (χ3n) is 9.51. The van der Waals surface area contributed by atoms with E-state index < -0.39 is 5.56 Å². The number of aliphatic hydroxyl groups excluding tert-OH is 1. The van der Waals surface area contributed by atoms with E-state index >= 15 is 0 Å². The van der Waals surface area contributed by atoms with Crippen LogP contribution in [0.1, 0.15) is 110 Å². The van der Waals surface area contributed by atoms with Crippen molar-refractivity contribution in [2.75, 3.05) is 12.4 Å². The number of methoxy groups -OCH3 is 1. The molecule has 2 N–H and O–H groups in total. The number of hydrogen-bond acceptors (Lipinski definition) is 6. The van der Waals surface area contributed by atoms with Crippen LogP contribution in [0.15, 0.2) is 64.2 Å². The summed E-state index contributed by atoms with van der Waals surface area (Å²) in [5, 5.41) is 18.1. The highest BCUT2D eigenvalue weighted by atomic mass is 35.5.